The second-order valence-electron chi connectivity index (χ2n) is 6.55. The van der Waals surface area contributed by atoms with Gasteiger partial charge in [0.15, 0.2) is 69.8 Å². The average molecular weight is 504 g/mol. The summed E-state index contributed by atoms with van der Waals surface area (Å²) >= 11 is 0. The molecular weight excluding hydrogens is 499 g/mol. The van der Waals surface area contributed by atoms with Crippen LogP contribution in [0.5, 0.6) is 0 Å². The van der Waals surface area contributed by atoms with E-state index in [4.69, 9.17) is 0 Å². The maximum absolute atomic E-state index is 14.6. The van der Waals surface area contributed by atoms with Gasteiger partial charge in [-0.1, -0.05) is 6.08 Å². The van der Waals surface area contributed by atoms with Crippen molar-refractivity contribution in [2.24, 2.45) is 0 Å². The summed E-state index contributed by atoms with van der Waals surface area (Å²) in [6.07, 6.45) is -0.0297. The first-order chi connectivity index (χ1) is 15.8. The van der Waals surface area contributed by atoms with Crippen LogP contribution in [-0.4, -0.2) is 0 Å². The first-order valence-corrected chi connectivity index (χ1v) is 8.63. The normalized spacial score (nSPS) is 11.3. The first kappa shape index (κ1) is 25.1. The van der Waals surface area contributed by atoms with Gasteiger partial charge in [-0.3, -0.25) is 0 Å². The van der Waals surface area contributed by atoms with E-state index in [-0.39, 0.29) is 0 Å². The molecule has 3 aromatic carbocycles. The number of halogens is 13. The second-order valence-corrected chi connectivity index (χ2v) is 6.55. The fourth-order valence-electron chi connectivity index (χ4n) is 3.12. The van der Waals surface area contributed by atoms with Crippen LogP contribution in [0.2, 0.25) is 0 Å². The third kappa shape index (κ3) is 3.41. The smallest absolute Gasteiger partial charge is 0.200 e. The summed E-state index contributed by atoms with van der Waals surface area (Å²) in [5.74, 6) is -35.0. The van der Waals surface area contributed by atoms with E-state index in [0.717, 1.165) is 6.08 Å². The van der Waals surface area contributed by atoms with E-state index in [9.17, 15) is 57.1 Å². The summed E-state index contributed by atoms with van der Waals surface area (Å²) in [6.45, 7) is 3.06. The van der Waals surface area contributed by atoms with E-state index < -0.39 is 110 Å². The van der Waals surface area contributed by atoms with Crippen molar-refractivity contribution < 1.29 is 57.1 Å². The fourth-order valence-corrected chi connectivity index (χ4v) is 3.12. The average Bonchev–Trinajstić information content (AvgIpc) is 2.81. The Morgan fingerprint density at radius 2 is 0.559 bits per heavy atom. The van der Waals surface area contributed by atoms with Gasteiger partial charge in [0.2, 0.25) is 5.82 Å². The maximum Gasteiger partial charge on any atom is 0.200 e. The molecule has 0 aliphatic rings. The first-order valence-electron chi connectivity index (χ1n) is 8.63. The van der Waals surface area contributed by atoms with Gasteiger partial charge >= 0.3 is 0 Å². The lowest BCUT2D eigenvalue weighted by Crippen LogP contribution is -2.12. The molecule has 0 atom stereocenters. The van der Waals surface area contributed by atoms with Crippen molar-refractivity contribution >= 4 is 0 Å². The molecule has 0 heterocycles. The zero-order valence-corrected chi connectivity index (χ0v) is 15.9. The molecule has 0 amide bonds. The summed E-state index contributed by atoms with van der Waals surface area (Å²) in [5.41, 5.74) is -10.9. The lowest BCUT2D eigenvalue weighted by Gasteiger charge is -2.16. The highest BCUT2D eigenvalue weighted by molar-refractivity contribution is 5.75. The monoisotopic (exact) mass is 504 g/mol. The fraction of sp³-hybridized carbons (Fsp3) is 0.0476. The molecule has 0 radical (unpaired) electrons. The maximum atomic E-state index is 14.6. The summed E-state index contributed by atoms with van der Waals surface area (Å²) in [7, 11) is 0. The lowest BCUT2D eigenvalue weighted by atomic mass is 9.94. The molecule has 0 unspecified atom stereocenters. The molecule has 0 aliphatic heterocycles. The van der Waals surface area contributed by atoms with Gasteiger partial charge in [-0.15, -0.1) is 6.58 Å². The Hall–Kier alpha value is -3.51. The molecular formula is C21H5F13. The lowest BCUT2D eigenvalue weighted by molar-refractivity contribution is 0.379. The van der Waals surface area contributed by atoms with Crippen molar-refractivity contribution in [1.29, 1.82) is 0 Å². The van der Waals surface area contributed by atoms with E-state index in [1.54, 1.807) is 0 Å². The molecule has 0 saturated carbocycles. The predicted molar refractivity (Wildman–Crippen MR) is 90.7 cm³/mol. The molecule has 0 spiro atoms. The third-order valence-electron chi connectivity index (χ3n) is 4.68. The van der Waals surface area contributed by atoms with Crippen LogP contribution in [0.3, 0.4) is 0 Å². The van der Waals surface area contributed by atoms with Crippen LogP contribution >= 0.6 is 0 Å². The Labute approximate surface area is 180 Å². The van der Waals surface area contributed by atoms with Crippen molar-refractivity contribution in [3.63, 3.8) is 0 Å². The zero-order chi connectivity index (χ0) is 25.8. The molecule has 0 fully saturated rings. The van der Waals surface area contributed by atoms with Crippen molar-refractivity contribution in [3.8, 4) is 22.3 Å². The Morgan fingerprint density at radius 1 is 0.353 bits per heavy atom. The van der Waals surface area contributed by atoms with Gasteiger partial charge in [0, 0.05) is 5.56 Å². The van der Waals surface area contributed by atoms with Gasteiger partial charge in [0.05, 0.1) is 22.3 Å². The Morgan fingerprint density at radius 3 is 0.824 bits per heavy atom. The Balaban J connectivity index is 2.47. The zero-order valence-electron chi connectivity index (χ0n) is 15.9. The van der Waals surface area contributed by atoms with Crippen LogP contribution < -0.4 is 0 Å². The molecule has 13 heteroatoms. The summed E-state index contributed by atoms with van der Waals surface area (Å²) in [4.78, 5) is 0. The van der Waals surface area contributed by atoms with Gasteiger partial charge in [-0.2, -0.15) is 0 Å². The van der Waals surface area contributed by atoms with E-state index in [2.05, 4.69) is 6.58 Å². The van der Waals surface area contributed by atoms with Crippen LogP contribution in [0.25, 0.3) is 22.3 Å². The second kappa shape index (κ2) is 8.69. The van der Waals surface area contributed by atoms with Gasteiger partial charge in [0.25, 0.3) is 0 Å². The van der Waals surface area contributed by atoms with Crippen LogP contribution in [0.4, 0.5) is 57.1 Å². The highest BCUT2D eigenvalue weighted by Crippen LogP contribution is 2.42. The van der Waals surface area contributed by atoms with Gasteiger partial charge < -0.3 is 0 Å². The SMILES string of the molecule is C=CCc1c(F)c(F)c(-c2c(F)c(F)c(-c3c(F)c(F)c(F)c(F)c3F)c(F)c2F)c(F)c1F. The van der Waals surface area contributed by atoms with Gasteiger partial charge in [0.1, 0.15) is 0 Å². The minimum absolute atomic E-state index is 0.791. The van der Waals surface area contributed by atoms with E-state index >= 15 is 0 Å². The van der Waals surface area contributed by atoms with Gasteiger partial charge in [-0.05, 0) is 6.42 Å². The molecule has 3 aromatic rings. The van der Waals surface area contributed by atoms with Crippen LogP contribution in [0.1, 0.15) is 5.56 Å². The number of rotatable bonds is 4. The number of allylic oxidation sites excluding steroid dienone is 1. The number of hydrogen-bond donors (Lipinski definition) is 0. The highest BCUT2D eigenvalue weighted by Gasteiger charge is 2.37. The van der Waals surface area contributed by atoms with Crippen molar-refractivity contribution in [2.45, 2.75) is 6.42 Å². The molecule has 0 bridgehead atoms. The molecule has 0 N–H and O–H groups in total. The summed E-state index contributed by atoms with van der Waals surface area (Å²) in [6, 6.07) is 0. The standard InChI is InChI=1S/C21H5F13/c1-2-3-4-9(22)11(24)5(12(25)10(4)23)6-13(26)15(28)7(16(29)14(6)27)8-17(30)19(32)21(34)20(33)18(8)31/h2H,1,3H2. The van der Waals surface area contributed by atoms with Crippen molar-refractivity contribution in [1.82, 2.24) is 0 Å². The minimum atomic E-state index is -2.88. The van der Waals surface area contributed by atoms with Crippen LogP contribution in [-0.2, 0) is 6.42 Å². The number of hydrogen-bond acceptors (Lipinski definition) is 0. The van der Waals surface area contributed by atoms with E-state index in [1.165, 1.54) is 0 Å². The van der Waals surface area contributed by atoms with E-state index in [0.29, 0.717) is 0 Å². The largest absolute Gasteiger partial charge is 0.203 e. The molecule has 180 valence electrons. The Bertz CT molecular complexity index is 1290. The summed E-state index contributed by atoms with van der Waals surface area (Å²) < 4.78 is 183. The molecule has 34 heavy (non-hydrogen) atoms. The third-order valence-corrected chi connectivity index (χ3v) is 4.68. The quantitative estimate of drug-likeness (QED) is 0.149. The molecule has 0 aromatic heterocycles. The topological polar surface area (TPSA) is 0 Å². The van der Waals surface area contributed by atoms with Gasteiger partial charge in [-0.25, -0.2) is 57.1 Å². The molecule has 0 nitrogen and oxygen atoms in total. The predicted octanol–water partition coefficient (Wildman–Crippen LogP) is 7.56. The molecule has 0 saturated heterocycles. The molecule has 0 aliphatic carbocycles. The molecule has 3 rings (SSSR count). The Kier molecular flexibility index (Phi) is 6.42. The van der Waals surface area contributed by atoms with Crippen molar-refractivity contribution in [2.75, 3.05) is 0 Å². The highest BCUT2D eigenvalue weighted by atomic mass is 19.2. The van der Waals surface area contributed by atoms with Crippen LogP contribution in [0.15, 0.2) is 12.7 Å². The van der Waals surface area contributed by atoms with Crippen molar-refractivity contribution in [3.05, 3.63) is 93.8 Å². The summed E-state index contributed by atoms with van der Waals surface area (Å²) in [5, 5.41) is 0. The van der Waals surface area contributed by atoms with Crippen LogP contribution in [0, 0.1) is 75.6 Å². The van der Waals surface area contributed by atoms with E-state index in [1.807, 2.05) is 0 Å². The minimum Gasteiger partial charge on any atom is -0.203 e. The number of benzene rings is 3.